The molecule has 0 aliphatic heterocycles. The third-order valence-corrected chi connectivity index (χ3v) is 7.67. The number of aryl methyl sites for hydroxylation is 3. The predicted molar refractivity (Wildman–Crippen MR) is 178 cm³/mol. The molecule has 0 spiro atoms. The molecule has 5 aromatic rings. The van der Waals surface area contributed by atoms with Crippen LogP contribution < -0.4 is 20.2 Å². The third-order valence-electron chi connectivity index (χ3n) is 6.80. The molecule has 0 fully saturated rings. The summed E-state index contributed by atoms with van der Waals surface area (Å²) < 4.78 is 19.8. The van der Waals surface area contributed by atoms with Crippen LogP contribution in [0.4, 0.5) is 5.69 Å². The Morgan fingerprint density at radius 2 is 1.69 bits per heavy atom. The van der Waals surface area contributed by atoms with Gasteiger partial charge in [-0.2, -0.15) is 5.10 Å². The summed E-state index contributed by atoms with van der Waals surface area (Å²) in [6.45, 7) is 5.96. The highest BCUT2D eigenvalue weighted by Gasteiger charge is 2.14. The van der Waals surface area contributed by atoms with Crippen molar-refractivity contribution in [1.29, 1.82) is 0 Å². The molecule has 3 aromatic carbocycles. The molecule has 9 nitrogen and oxygen atoms in total. The monoisotopic (exact) mass is 688 g/mol. The van der Waals surface area contributed by atoms with Crippen LogP contribution in [0.1, 0.15) is 38.8 Å². The van der Waals surface area contributed by atoms with Crippen molar-refractivity contribution < 1.29 is 23.5 Å². The summed E-state index contributed by atoms with van der Waals surface area (Å²) in [6, 6.07) is 25.9. The lowest BCUT2D eigenvalue weighted by Crippen LogP contribution is -2.20. The summed E-state index contributed by atoms with van der Waals surface area (Å²) in [7, 11) is 0. The SMILES string of the molecule is Cc1ccccc1NC(=O)COc1c(Cl)cc(/C=N/NC(=O)c2ccc(COc3ccc(-n4c(C)ccc4C)cc3)o2)cc1Br. The van der Waals surface area contributed by atoms with E-state index in [4.69, 9.17) is 25.5 Å². The van der Waals surface area contributed by atoms with Crippen LogP contribution >= 0.6 is 27.5 Å². The molecule has 0 aliphatic carbocycles. The Morgan fingerprint density at radius 1 is 0.956 bits per heavy atom. The van der Waals surface area contributed by atoms with Crippen LogP contribution in [0.25, 0.3) is 5.69 Å². The number of hydrogen-bond donors (Lipinski definition) is 2. The lowest BCUT2D eigenvalue weighted by atomic mass is 10.2. The molecule has 230 valence electrons. The maximum atomic E-state index is 12.6. The fraction of sp³-hybridized carbons (Fsp3) is 0.147. The van der Waals surface area contributed by atoms with Gasteiger partial charge in [0.25, 0.3) is 5.91 Å². The van der Waals surface area contributed by atoms with Gasteiger partial charge in [0.1, 0.15) is 18.1 Å². The number of benzene rings is 3. The van der Waals surface area contributed by atoms with E-state index in [1.807, 2.05) is 55.5 Å². The van der Waals surface area contributed by atoms with E-state index >= 15 is 0 Å². The van der Waals surface area contributed by atoms with Gasteiger partial charge >= 0.3 is 5.91 Å². The van der Waals surface area contributed by atoms with Gasteiger partial charge in [-0.15, -0.1) is 0 Å². The van der Waals surface area contributed by atoms with Gasteiger partial charge in [0, 0.05) is 22.8 Å². The second kappa shape index (κ2) is 14.3. The van der Waals surface area contributed by atoms with Crippen molar-refractivity contribution in [2.24, 2.45) is 5.10 Å². The van der Waals surface area contributed by atoms with Crippen molar-refractivity contribution in [3.8, 4) is 17.2 Å². The number of para-hydroxylation sites is 1. The van der Waals surface area contributed by atoms with Crippen LogP contribution in [0.5, 0.6) is 11.5 Å². The number of anilines is 1. The van der Waals surface area contributed by atoms with Crippen molar-refractivity contribution in [2.75, 3.05) is 11.9 Å². The Balaban J connectivity index is 1.10. The highest BCUT2D eigenvalue weighted by molar-refractivity contribution is 9.10. The number of hydrogen-bond acceptors (Lipinski definition) is 6. The Labute approximate surface area is 273 Å². The van der Waals surface area contributed by atoms with Gasteiger partial charge in [0.05, 0.1) is 15.7 Å². The molecule has 2 heterocycles. The first-order valence-corrected chi connectivity index (χ1v) is 15.1. The lowest BCUT2D eigenvalue weighted by Gasteiger charge is -2.12. The van der Waals surface area contributed by atoms with E-state index in [9.17, 15) is 9.59 Å². The number of nitrogens with one attached hydrogen (secondary N) is 2. The van der Waals surface area contributed by atoms with E-state index in [0.29, 0.717) is 33.0 Å². The van der Waals surface area contributed by atoms with Crippen LogP contribution in [0, 0.1) is 20.8 Å². The van der Waals surface area contributed by atoms with Crippen LogP contribution in [-0.4, -0.2) is 29.2 Å². The first kappa shape index (κ1) is 31.6. The summed E-state index contributed by atoms with van der Waals surface area (Å²) in [5, 5.41) is 7.07. The lowest BCUT2D eigenvalue weighted by molar-refractivity contribution is -0.118. The number of carbonyl (C=O) groups excluding carboxylic acids is 2. The Hall–Kier alpha value is -4.80. The van der Waals surface area contributed by atoms with E-state index in [1.54, 1.807) is 24.3 Å². The summed E-state index contributed by atoms with van der Waals surface area (Å²) in [5.74, 6) is 0.728. The normalized spacial score (nSPS) is 11.0. The molecule has 0 radical (unpaired) electrons. The van der Waals surface area contributed by atoms with Gasteiger partial charge in [-0.1, -0.05) is 29.8 Å². The minimum atomic E-state index is -0.524. The molecule has 2 N–H and O–H groups in total. The van der Waals surface area contributed by atoms with E-state index in [-0.39, 0.29) is 29.9 Å². The van der Waals surface area contributed by atoms with E-state index in [2.05, 4.69) is 62.3 Å². The number of carbonyl (C=O) groups is 2. The maximum Gasteiger partial charge on any atom is 0.307 e. The van der Waals surface area contributed by atoms with Gasteiger partial charge in [-0.05, 0) is 115 Å². The topological polar surface area (TPSA) is 107 Å². The number of aromatic nitrogens is 1. The molecule has 0 bridgehead atoms. The molecule has 0 saturated carbocycles. The second-order valence-corrected chi connectivity index (χ2v) is 11.4. The number of amides is 2. The zero-order valence-electron chi connectivity index (χ0n) is 24.8. The number of furan rings is 1. The average molecular weight is 690 g/mol. The fourth-order valence-electron chi connectivity index (χ4n) is 4.55. The molecule has 0 aliphatic rings. The second-order valence-electron chi connectivity index (χ2n) is 10.2. The Morgan fingerprint density at radius 3 is 2.40 bits per heavy atom. The van der Waals surface area contributed by atoms with Crippen molar-refractivity contribution in [3.63, 3.8) is 0 Å². The van der Waals surface area contributed by atoms with Gasteiger partial charge in [0.15, 0.2) is 18.1 Å². The molecule has 0 unspecified atom stereocenters. The smallest absolute Gasteiger partial charge is 0.307 e. The molecule has 5 rings (SSSR count). The van der Waals surface area contributed by atoms with E-state index < -0.39 is 5.91 Å². The van der Waals surface area contributed by atoms with Gasteiger partial charge < -0.3 is 23.8 Å². The first-order valence-electron chi connectivity index (χ1n) is 14.0. The zero-order valence-corrected chi connectivity index (χ0v) is 27.1. The standard InChI is InChI=1S/C34H30BrClN4O5/c1-21-6-4-5-7-30(21)38-32(41)20-44-33-28(35)16-24(17-29(33)36)18-37-39-34(42)31-15-14-27(45-31)19-43-26-12-10-25(11-13-26)40-22(2)8-9-23(40)3/h4-18H,19-20H2,1-3H3,(H,38,41)(H,39,42)/b37-18+. The van der Waals surface area contributed by atoms with Gasteiger partial charge in [-0.25, -0.2) is 5.43 Å². The number of nitrogens with zero attached hydrogens (tertiary/aromatic N) is 2. The number of ether oxygens (including phenoxy) is 2. The minimum absolute atomic E-state index is 0.0894. The number of hydrazone groups is 1. The molecule has 2 aromatic heterocycles. The largest absolute Gasteiger partial charge is 0.486 e. The summed E-state index contributed by atoms with van der Waals surface area (Å²) in [5.41, 5.74) is 8.04. The Bertz CT molecular complexity index is 1820. The van der Waals surface area contributed by atoms with Crippen molar-refractivity contribution in [3.05, 3.63) is 128 Å². The first-order chi connectivity index (χ1) is 21.7. The van der Waals surface area contributed by atoms with Crippen LogP contribution in [0.15, 0.2) is 98.9 Å². The summed E-state index contributed by atoms with van der Waals surface area (Å²) >= 11 is 9.82. The minimum Gasteiger partial charge on any atom is -0.486 e. The molecule has 11 heteroatoms. The molecule has 2 amide bonds. The van der Waals surface area contributed by atoms with Crippen molar-refractivity contribution in [2.45, 2.75) is 27.4 Å². The van der Waals surface area contributed by atoms with Crippen molar-refractivity contribution in [1.82, 2.24) is 9.99 Å². The average Bonchev–Trinajstić information content (AvgIpc) is 3.63. The predicted octanol–water partition coefficient (Wildman–Crippen LogP) is 7.77. The highest BCUT2D eigenvalue weighted by Crippen LogP contribution is 2.34. The molecular weight excluding hydrogens is 660 g/mol. The maximum absolute atomic E-state index is 12.6. The fourth-order valence-corrected chi connectivity index (χ4v) is 5.54. The van der Waals surface area contributed by atoms with Crippen LogP contribution in [0.3, 0.4) is 0 Å². The number of rotatable bonds is 11. The quantitative estimate of drug-likeness (QED) is 0.109. The molecule has 0 atom stereocenters. The third kappa shape index (κ3) is 8.03. The van der Waals surface area contributed by atoms with Gasteiger partial charge in [-0.3, -0.25) is 9.59 Å². The number of halogens is 2. The van der Waals surface area contributed by atoms with E-state index in [0.717, 1.165) is 22.6 Å². The Kier molecular flexibility index (Phi) is 10.1. The van der Waals surface area contributed by atoms with Crippen LogP contribution in [-0.2, 0) is 11.4 Å². The van der Waals surface area contributed by atoms with E-state index in [1.165, 1.54) is 6.21 Å². The molecule has 45 heavy (non-hydrogen) atoms. The molecule has 0 saturated heterocycles. The molecular formula is C34H30BrClN4O5. The van der Waals surface area contributed by atoms with Crippen molar-refractivity contribution >= 4 is 51.2 Å². The zero-order chi connectivity index (χ0) is 31.9. The van der Waals surface area contributed by atoms with Crippen LogP contribution in [0.2, 0.25) is 5.02 Å². The highest BCUT2D eigenvalue weighted by atomic mass is 79.9. The van der Waals surface area contributed by atoms with Gasteiger partial charge in [0.2, 0.25) is 0 Å². The summed E-state index contributed by atoms with van der Waals surface area (Å²) in [6.07, 6.45) is 1.43. The summed E-state index contributed by atoms with van der Waals surface area (Å²) in [4.78, 5) is 24.9.